The van der Waals surface area contributed by atoms with Gasteiger partial charge in [0.25, 0.3) is 0 Å². The highest BCUT2D eigenvalue weighted by Gasteiger charge is 2.10. The van der Waals surface area contributed by atoms with Crippen LogP contribution >= 0.6 is 0 Å². The van der Waals surface area contributed by atoms with Crippen molar-refractivity contribution in [3.8, 4) is 0 Å². The summed E-state index contributed by atoms with van der Waals surface area (Å²) in [6.45, 7) is 4.78. The van der Waals surface area contributed by atoms with Gasteiger partial charge in [0.15, 0.2) is 0 Å². The maximum Gasteiger partial charge on any atom is 0.0590 e. The molecule has 1 saturated carbocycles. The average Bonchev–Trinajstić information content (AvgIpc) is 2.41. The molecule has 1 aliphatic rings. The lowest BCUT2D eigenvalue weighted by molar-refractivity contribution is 0.146. The number of hydrogen-bond donors (Lipinski definition) is 1. The van der Waals surface area contributed by atoms with E-state index in [0.717, 1.165) is 25.8 Å². The van der Waals surface area contributed by atoms with E-state index in [4.69, 9.17) is 4.74 Å². The first-order valence-electron chi connectivity index (χ1n) is 5.74. The fourth-order valence-corrected chi connectivity index (χ4v) is 1.96. The van der Waals surface area contributed by atoms with Crippen molar-refractivity contribution in [3.63, 3.8) is 0 Å². The lowest BCUT2D eigenvalue weighted by atomic mass is 10.1. The van der Waals surface area contributed by atoms with Gasteiger partial charge < -0.3 is 10.1 Å². The van der Waals surface area contributed by atoms with Crippen LogP contribution in [0.25, 0.3) is 0 Å². The third-order valence-electron chi connectivity index (χ3n) is 2.74. The van der Waals surface area contributed by atoms with Crippen molar-refractivity contribution >= 4 is 0 Å². The van der Waals surface area contributed by atoms with E-state index in [1.165, 1.54) is 38.5 Å². The molecule has 0 aromatic carbocycles. The Hall–Kier alpha value is -0.0800. The van der Waals surface area contributed by atoms with Crippen molar-refractivity contribution in [2.45, 2.75) is 51.5 Å². The minimum absolute atomic E-state index is 0.767. The predicted molar refractivity (Wildman–Crippen MR) is 56.0 cm³/mol. The van der Waals surface area contributed by atoms with E-state index in [1.54, 1.807) is 0 Å². The van der Waals surface area contributed by atoms with Crippen LogP contribution in [0.5, 0.6) is 0 Å². The highest BCUT2D eigenvalue weighted by atomic mass is 16.5. The first-order valence-corrected chi connectivity index (χ1v) is 5.74. The summed E-state index contributed by atoms with van der Waals surface area (Å²) in [7, 11) is 0. The summed E-state index contributed by atoms with van der Waals surface area (Å²) in [5.41, 5.74) is 0. The molecule has 78 valence electrons. The first-order chi connectivity index (χ1) is 6.43. The van der Waals surface area contributed by atoms with E-state index < -0.39 is 0 Å². The van der Waals surface area contributed by atoms with E-state index in [0.29, 0.717) is 0 Å². The van der Waals surface area contributed by atoms with Gasteiger partial charge >= 0.3 is 0 Å². The third kappa shape index (κ3) is 5.27. The third-order valence-corrected chi connectivity index (χ3v) is 2.74. The molecule has 0 atom stereocenters. The minimum Gasteiger partial charge on any atom is -0.380 e. The monoisotopic (exact) mass is 185 g/mol. The molecule has 1 rings (SSSR count). The van der Waals surface area contributed by atoms with Crippen LogP contribution in [-0.2, 0) is 4.74 Å². The van der Waals surface area contributed by atoms with E-state index in [2.05, 4.69) is 5.32 Å². The van der Waals surface area contributed by atoms with Crippen LogP contribution in [0.4, 0.5) is 0 Å². The fourth-order valence-electron chi connectivity index (χ4n) is 1.96. The molecule has 0 aromatic rings. The van der Waals surface area contributed by atoms with Gasteiger partial charge in [-0.2, -0.15) is 0 Å². The molecule has 0 bridgehead atoms. The lowest BCUT2D eigenvalue weighted by Crippen LogP contribution is -2.31. The molecule has 1 N–H and O–H groups in total. The summed E-state index contributed by atoms with van der Waals surface area (Å²) < 4.78 is 5.29. The van der Waals surface area contributed by atoms with Gasteiger partial charge in [0, 0.05) is 19.2 Å². The van der Waals surface area contributed by atoms with Gasteiger partial charge in [0.05, 0.1) is 6.61 Å². The number of rotatable bonds is 5. The summed E-state index contributed by atoms with van der Waals surface area (Å²) in [6.07, 6.45) is 8.42. The number of nitrogens with one attached hydrogen (secondary N) is 1. The Morgan fingerprint density at radius 1 is 1.15 bits per heavy atom. The first kappa shape index (κ1) is 11.0. The summed E-state index contributed by atoms with van der Waals surface area (Å²) in [5, 5.41) is 3.57. The molecule has 0 radical (unpaired) electrons. The molecule has 0 spiro atoms. The zero-order valence-corrected chi connectivity index (χ0v) is 8.85. The van der Waals surface area contributed by atoms with Crippen molar-refractivity contribution in [1.82, 2.24) is 5.32 Å². The Balaban J connectivity index is 1.98. The second kappa shape index (κ2) is 7.34. The summed E-state index contributed by atoms with van der Waals surface area (Å²) >= 11 is 0. The molecule has 1 fully saturated rings. The van der Waals surface area contributed by atoms with Crippen molar-refractivity contribution < 1.29 is 4.74 Å². The van der Waals surface area contributed by atoms with Crippen LogP contribution in [0.1, 0.15) is 45.4 Å². The van der Waals surface area contributed by atoms with Crippen LogP contribution in [0, 0.1) is 0 Å². The quantitative estimate of drug-likeness (QED) is 0.524. The van der Waals surface area contributed by atoms with Crippen molar-refractivity contribution in [2.24, 2.45) is 0 Å². The van der Waals surface area contributed by atoms with Gasteiger partial charge in [0.1, 0.15) is 0 Å². The molecular weight excluding hydrogens is 162 g/mol. The minimum atomic E-state index is 0.767. The summed E-state index contributed by atoms with van der Waals surface area (Å²) in [6, 6.07) is 0.767. The van der Waals surface area contributed by atoms with Crippen LogP contribution in [0.2, 0.25) is 0 Å². The SMILES string of the molecule is CCOCCNC1CCCCCC1. The van der Waals surface area contributed by atoms with Gasteiger partial charge in [-0.1, -0.05) is 25.7 Å². The molecule has 0 aliphatic heterocycles. The summed E-state index contributed by atoms with van der Waals surface area (Å²) in [4.78, 5) is 0. The predicted octanol–water partition coefficient (Wildman–Crippen LogP) is 2.34. The maximum atomic E-state index is 5.29. The Morgan fingerprint density at radius 2 is 1.85 bits per heavy atom. The second-order valence-electron chi connectivity index (χ2n) is 3.84. The Labute approximate surface area is 82.0 Å². The maximum absolute atomic E-state index is 5.29. The normalized spacial score (nSPS) is 20.1. The standard InChI is InChI=1S/C11H23NO/c1-2-13-10-9-12-11-7-5-3-4-6-8-11/h11-12H,2-10H2,1H3. The van der Waals surface area contributed by atoms with Crippen LogP contribution in [0.15, 0.2) is 0 Å². The fraction of sp³-hybridized carbons (Fsp3) is 1.00. The van der Waals surface area contributed by atoms with Gasteiger partial charge in [-0.15, -0.1) is 0 Å². The van der Waals surface area contributed by atoms with Crippen molar-refractivity contribution in [2.75, 3.05) is 19.8 Å². The van der Waals surface area contributed by atoms with E-state index in [1.807, 2.05) is 6.92 Å². The Morgan fingerprint density at radius 3 is 2.46 bits per heavy atom. The molecule has 1 aliphatic carbocycles. The van der Waals surface area contributed by atoms with E-state index in [9.17, 15) is 0 Å². The van der Waals surface area contributed by atoms with Gasteiger partial charge in [-0.3, -0.25) is 0 Å². The number of hydrogen-bond acceptors (Lipinski definition) is 2. The zero-order valence-electron chi connectivity index (χ0n) is 8.85. The van der Waals surface area contributed by atoms with E-state index in [-0.39, 0.29) is 0 Å². The zero-order chi connectivity index (χ0) is 9.36. The number of ether oxygens (including phenoxy) is 1. The van der Waals surface area contributed by atoms with Crippen LogP contribution < -0.4 is 5.32 Å². The van der Waals surface area contributed by atoms with Gasteiger partial charge in [-0.05, 0) is 19.8 Å². The molecule has 2 heteroatoms. The highest BCUT2D eigenvalue weighted by molar-refractivity contribution is 4.70. The van der Waals surface area contributed by atoms with E-state index >= 15 is 0 Å². The molecule has 0 unspecified atom stereocenters. The second-order valence-corrected chi connectivity index (χ2v) is 3.84. The smallest absolute Gasteiger partial charge is 0.0590 e. The van der Waals surface area contributed by atoms with Gasteiger partial charge in [0.2, 0.25) is 0 Å². The molecule has 0 saturated heterocycles. The molecule has 2 nitrogen and oxygen atoms in total. The molecular formula is C11H23NO. The molecule has 0 amide bonds. The topological polar surface area (TPSA) is 21.3 Å². The summed E-state index contributed by atoms with van der Waals surface area (Å²) in [5.74, 6) is 0. The highest BCUT2D eigenvalue weighted by Crippen LogP contribution is 2.16. The largest absolute Gasteiger partial charge is 0.380 e. The molecule has 13 heavy (non-hydrogen) atoms. The van der Waals surface area contributed by atoms with Crippen LogP contribution in [-0.4, -0.2) is 25.8 Å². The Kier molecular flexibility index (Phi) is 6.21. The molecule has 0 heterocycles. The van der Waals surface area contributed by atoms with Crippen molar-refractivity contribution in [1.29, 1.82) is 0 Å². The molecule has 0 aromatic heterocycles. The lowest BCUT2D eigenvalue weighted by Gasteiger charge is -2.15. The average molecular weight is 185 g/mol. The Bertz CT molecular complexity index is 109. The van der Waals surface area contributed by atoms with Gasteiger partial charge in [-0.25, -0.2) is 0 Å². The van der Waals surface area contributed by atoms with Crippen LogP contribution in [0.3, 0.4) is 0 Å². The van der Waals surface area contributed by atoms with Crippen molar-refractivity contribution in [3.05, 3.63) is 0 Å².